The SMILES string of the molecule is CC(O)c1cccc(NC(=O)c2cc(F)cc(-c3cc(=O)[nH]c(N)n3)c2)c1. The number of aromatic amines is 1. The number of H-pyrrole nitrogens is 1. The van der Waals surface area contributed by atoms with E-state index in [9.17, 15) is 19.1 Å². The standard InChI is InChI=1S/C19H17FN4O3/c1-10(25)11-3-2-4-15(8-11)22-18(27)13-5-12(6-14(20)7-13)16-9-17(26)24-19(21)23-16/h2-10,25H,1H3,(H,22,27)(H3,21,23,24,26). The van der Waals surface area contributed by atoms with Crippen LogP contribution in [0, 0.1) is 5.82 Å². The summed E-state index contributed by atoms with van der Waals surface area (Å²) in [5, 5.41) is 12.3. The third-order valence-corrected chi connectivity index (χ3v) is 3.84. The summed E-state index contributed by atoms with van der Waals surface area (Å²) in [5.74, 6) is -1.31. The molecule has 0 radical (unpaired) electrons. The average molecular weight is 368 g/mol. The zero-order valence-corrected chi connectivity index (χ0v) is 14.4. The van der Waals surface area contributed by atoms with E-state index in [-0.39, 0.29) is 22.8 Å². The number of nitrogen functional groups attached to an aromatic ring is 1. The number of rotatable bonds is 4. The number of halogens is 1. The predicted molar refractivity (Wildman–Crippen MR) is 99.7 cm³/mol. The zero-order valence-electron chi connectivity index (χ0n) is 14.4. The van der Waals surface area contributed by atoms with Crippen LogP contribution in [0.15, 0.2) is 53.3 Å². The van der Waals surface area contributed by atoms with E-state index < -0.39 is 23.4 Å². The number of benzene rings is 2. The number of nitrogens with zero attached hydrogens (tertiary/aromatic N) is 1. The monoisotopic (exact) mass is 368 g/mol. The Morgan fingerprint density at radius 2 is 2.04 bits per heavy atom. The van der Waals surface area contributed by atoms with Gasteiger partial charge < -0.3 is 16.2 Å². The lowest BCUT2D eigenvalue weighted by Gasteiger charge is -2.10. The number of aliphatic hydroxyl groups is 1. The first-order valence-electron chi connectivity index (χ1n) is 8.09. The molecule has 0 bridgehead atoms. The quantitative estimate of drug-likeness (QED) is 0.564. The van der Waals surface area contributed by atoms with Gasteiger partial charge >= 0.3 is 0 Å². The molecule has 3 rings (SSSR count). The highest BCUT2D eigenvalue weighted by Crippen LogP contribution is 2.22. The lowest BCUT2D eigenvalue weighted by atomic mass is 10.1. The molecule has 7 nitrogen and oxygen atoms in total. The summed E-state index contributed by atoms with van der Waals surface area (Å²) in [6.45, 7) is 1.61. The molecule has 0 spiro atoms. The minimum absolute atomic E-state index is 0.0492. The number of amides is 1. The molecule has 0 saturated heterocycles. The van der Waals surface area contributed by atoms with Gasteiger partial charge in [0.1, 0.15) is 5.82 Å². The number of carbonyl (C=O) groups is 1. The lowest BCUT2D eigenvalue weighted by Crippen LogP contribution is -2.13. The molecule has 8 heteroatoms. The van der Waals surface area contributed by atoms with Crippen molar-refractivity contribution in [2.75, 3.05) is 11.1 Å². The molecule has 0 aliphatic rings. The molecule has 3 aromatic rings. The second-order valence-electron chi connectivity index (χ2n) is 6.00. The van der Waals surface area contributed by atoms with Gasteiger partial charge in [0.05, 0.1) is 11.8 Å². The van der Waals surface area contributed by atoms with Gasteiger partial charge in [0.25, 0.3) is 11.5 Å². The minimum atomic E-state index is -0.685. The number of anilines is 2. The van der Waals surface area contributed by atoms with Crippen LogP contribution in [0.5, 0.6) is 0 Å². The molecule has 1 atom stereocenters. The number of nitrogens with one attached hydrogen (secondary N) is 2. The smallest absolute Gasteiger partial charge is 0.255 e. The Bertz CT molecular complexity index is 1060. The molecule has 138 valence electrons. The summed E-state index contributed by atoms with van der Waals surface area (Å²) in [6, 6.07) is 11.5. The summed E-state index contributed by atoms with van der Waals surface area (Å²) in [4.78, 5) is 30.3. The number of carbonyl (C=O) groups excluding carboxylic acids is 1. The fraction of sp³-hybridized carbons (Fsp3) is 0.105. The van der Waals surface area contributed by atoms with Gasteiger partial charge in [-0.25, -0.2) is 9.37 Å². The lowest BCUT2D eigenvalue weighted by molar-refractivity contribution is 0.102. The van der Waals surface area contributed by atoms with Crippen LogP contribution in [0.3, 0.4) is 0 Å². The second kappa shape index (κ2) is 7.38. The van der Waals surface area contributed by atoms with Crippen molar-refractivity contribution in [3.8, 4) is 11.3 Å². The summed E-state index contributed by atoms with van der Waals surface area (Å²) in [5.41, 5.74) is 6.57. The van der Waals surface area contributed by atoms with E-state index >= 15 is 0 Å². The topological polar surface area (TPSA) is 121 Å². The predicted octanol–water partition coefficient (Wildman–Crippen LogP) is 2.46. The van der Waals surface area contributed by atoms with Gasteiger partial charge in [-0.15, -0.1) is 0 Å². The maximum absolute atomic E-state index is 14.0. The number of aliphatic hydroxyl groups excluding tert-OH is 1. The second-order valence-corrected chi connectivity index (χ2v) is 6.00. The zero-order chi connectivity index (χ0) is 19.6. The van der Waals surface area contributed by atoms with Crippen molar-refractivity contribution in [1.82, 2.24) is 9.97 Å². The molecule has 0 fully saturated rings. The van der Waals surface area contributed by atoms with Crippen LogP contribution in [0.4, 0.5) is 16.0 Å². The van der Waals surface area contributed by atoms with Crippen molar-refractivity contribution in [2.24, 2.45) is 0 Å². The van der Waals surface area contributed by atoms with E-state index in [1.54, 1.807) is 31.2 Å². The highest BCUT2D eigenvalue weighted by atomic mass is 19.1. The van der Waals surface area contributed by atoms with E-state index in [1.165, 1.54) is 12.1 Å². The van der Waals surface area contributed by atoms with Crippen LogP contribution in [-0.4, -0.2) is 21.0 Å². The Labute approximate surface area is 153 Å². The molecule has 2 aromatic carbocycles. The summed E-state index contributed by atoms with van der Waals surface area (Å²) >= 11 is 0. The van der Waals surface area contributed by atoms with E-state index in [1.807, 2.05) is 0 Å². The van der Waals surface area contributed by atoms with Gasteiger partial charge in [0.2, 0.25) is 5.95 Å². The summed E-state index contributed by atoms with van der Waals surface area (Å²) in [7, 11) is 0. The third-order valence-electron chi connectivity index (χ3n) is 3.84. The fourth-order valence-electron chi connectivity index (χ4n) is 2.57. The first-order valence-corrected chi connectivity index (χ1v) is 8.09. The number of hydrogen-bond donors (Lipinski definition) is 4. The first kappa shape index (κ1) is 18.3. The van der Waals surface area contributed by atoms with E-state index in [4.69, 9.17) is 5.73 Å². The van der Waals surface area contributed by atoms with Gasteiger partial charge in [0.15, 0.2) is 0 Å². The van der Waals surface area contributed by atoms with Crippen LogP contribution < -0.4 is 16.6 Å². The molecule has 5 N–H and O–H groups in total. The van der Waals surface area contributed by atoms with Crippen molar-refractivity contribution >= 4 is 17.5 Å². The number of nitrogens with two attached hydrogens (primary N) is 1. The number of hydrogen-bond acceptors (Lipinski definition) is 5. The van der Waals surface area contributed by atoms with Crippen molar-refractivity contribution in [3.63, 3.8) is 0 Å². The minimum Gasteiger partial charge on any atom is -0.389 e. The molecule has 27 heavy (non-hydrogen) atoms. The van der Waals surface area contributed by atoms with Gasteiger partial charge in [-0.3, -0.25) is 14.6 Å². The van der Waals surface area contributed by atoms with Gasteiger partial charge in [-0.05, 0) is 42.8 Å². The van der Waals surface area contributed by atoms with E-state index in [0.717, 1.165) is 12.1 Å². The van der Waals surface area contributed by atoms with Crippen LogP contribution >= 0.6 is 0 Å². The summed E-state index contributed by atoms with van der Waals surface area (Å²) < 4.78 is 14.0. The van der Waals surface area contributed by atoms with Crippen LogP contribution in [0.2, 0.25) is 0 Å². The number of aromatic nitrogens is 2. The van der Waals surface area contributed by atoms with Crippen molar-refractivity contribution < 1.29 is 14.3 Å². The van der Waals surface area contributed by atoms with Gasteiger partial charge in [0, 0.05) is 22.9 Å². The van der Waals surface area contributed by atoms with Crippen molar-refractivity contribution in [1.29, 1.82) is 0 Å². The molecular formula is C19H17FN4O3. The first-order chi connectivity index (χ1) is 12.8. The normalized spacial score (nSPS) is 11.8. The third kappa shape index (κ3) is 4.36. The summed E-state index contributed by atoms with van der Waals surface area (Å²) in [6.07, 6.45) is -0.685. The van der Waals surface area contributed by atoms with E-state index in [0.29, 0.717) is 11.3 Å². The molecular weight excluding hydrogens is 351 g/mol. The van der Waals surface area contributed by atoms with Crippen molar-refractivity contribution in [3.05, 3.63) is 75.8 Å². The molecule has 1 amide bonds. The van der Waals surface area contributed by atoms with Crippen LogP contribution in [0.1, 0.15) is 28.9 Å². The Hall–Kier alpha value is -3.52. The molecule has 0 aliphatic heterocycles. The van der Waals surface area contributed by atoms with Gasteiger partial charge in [-0.2, -0.15) is 0 Å². The fourth-order valence-corrected chi connectivity index (χ4v) is 2.57. The molecule has 0 aliphatic carbocycles. The van der Waals surface area contributed by atoms with Crippen LogP contribution in [0.25, 0.3) is 11.3 Å². The Morgan fingerprint density at radius 1 is 1.26 bits per heavy atom. The highest BCUT2D eigenvalue weighted by molar-refractivity contribution is 6.05. The average Bonchev–Trinajstić information content (AvgIpc) is 2.60. The Kier molecular flexibility index (Phi) is 5.00. The molecule has 1 heterocycles. The maximum Gasteiger partial charge on any atom is 0.255 e. The molecule has 1 unspecified atom stereocenters. The van der Waals surface area contributed by atoms with Crippen LogP contribution in [-0.2, 0) is 0 Å². The molecule has 1 aromatic heterocycles. The Morgan fingerprint density at radius 3 is 2.74 bits per heavy atom. The maximum atomic E-state index is 14.0. The van der Waals surface area contributed by atoms with Crippen molar-refractivity contribution in [2.45, 2.75) is 13.0 Å². The largest absolute Gasteiger partial charge is 0.389 e. The van der Waals surface area contributed by atoms with Gasteiger partial charge in [-0.1, -0.05) is 12.1 Å². The van der Waals surface area contributed by atoms with E-state index in [2.05, 4.69) is 15.3 Å². The highest BCUT2D eigenvalue weighted by Gasteiger charge is 2.13. The Balaban J connectivity index is 1.93. The molecule has 0 saturated carbocycles.